The number of aryl methyl sites for hydroxylation is 1. The molecule has 10 heteroatoms. The van der Waals surface area contributed by atoms with Crippen LogP contribution in [0.25, 0.3) is 10.8 Å². The molecule has 4 heterocycles. The molecule has 0 radical (unpaired) electrons. The van der Waals surface area contributed by atoms with E-state index in [9.17, 15) is 9.59 Å². The lowest BCUT2D eigenvalue weighted by Gasteiger charge is -2.34. The third kappa shape index (κ3) is 4.32. The summed E-state index contributed by atoms with van der Waals surface area (Å²) in [5.74, 6) is 0.948. The number of fused-ring (bicyclic) bond motifs is 1. The summed E-state index contributed by atoms with van der Waals surface area (Å²) in [6.45, 7) is 3.30. The number of carbonyl (C=O) groups excluding carboxylic acids is 1. The number of primary amides is 1. The average molecular weight is 502 g/mol. The maximum absolute atomic E-state index is 13.4. The maximum Gasteiger partial charge on any atom is 0.271 e. The van der Waals surface area contributed by atoms with E-state index >= 15 is 0 Å². The fourth-order valence-corrected chi connectivity index (χ4v) is 5.63. The number of anilines is 3. The van der Waals surface area contributed by atoms with Crippen LogP contribution in [0, 0.1) is 6.92 Å². The number of nitrogens with two attached hydrogens (primary N) is 1. The van der Waals surface area contributed by atoms with Crippen molar-refractivity contribution in [2.24, 2.45) is 5.73 Å². The van der Waals surface area contributed by atoms with Gasteiger partial charge < -0.3 is 20.5 Å². The molecule has 3 aromatic heterocycles. The van der Waals surface area contributed by atoms with Crippen LogP contribution in [0.3, 0.4) is 0 Å². The lowest BCUT2D eigenvalue weighted by atomic mass is 10.0. The Balaban J connectivity index is 1.28. The Kier molecular flexibility index (Phi) is 5.67. The normalized spacial score (nSPS) is 17.9. The van der Waals surface area contributed by atoms with Gasteiger partial charge in [0, 0.05) is 24.7 Å². The van der Waals surface area contributed by atoms with Gasteiger partial charge in [0.25, 0.3) is 11.5 Å². The molecule has 1 atom stereocenters. The third-order valence-corrected chi connectivity index (χ3v) is 7.78. The zero-order chi connectivity index (χ0) is 24.8. The molecule has 4 aromatic rings. The van der Waals surface area contributed by atoms with E-state index in [2.05, 4.69) is 37.8 Å². The number of nitrogens with one attached hydrogen (secondary N) is 1. The van der Waals surface area contributed by atoms with E-state index in [-0.39, 0.29) is 17.3 Å². The van der Waals surface area contributed by atoms with Crippen molar-refractivity contribution in [3.05, 3.63) is 70.0 Å². The van der Waals surface area contributed by atoms with Gasteiger partial charge in [-0.25, -0.2) is 9.97 Å². The number of hydrogen-bond donors (Lipinski definition) is 2. The molecule has 1 amide bonds. The second kappa shape index (κ2) is 9.02. The standard InChI is InChI=1S/C26H27N7O2S/c1-15-11-22(36-31-15)30-25-23(24(27)34)28-13-21(29-25)32-9-2-3-19(14-32)33-10-8-18-12-17(16-4-5-16)6-7-20(18)26(33)35/h6-8,10-13,16,19H,2-5,9,14H2,1H3,(H2,27,34)(H,29,30). The second-order valence-corrected chi connectivity index (χ2v) is 10.4. The Hall–Kier alpha value is -3.79. The number of carbonyl (C=O) groups is 1. The number of aromatic nitrogens is 4. The Morgan fingerprint density at radius 2 is 2.06 bits per heavy atom. The number of nitrogens with zero attached hydrogens (tertiary/aromatic N) is 5. The van der Waals surface area contributed by atoms with Gasteiger partial charge in [0.2, 0.25) is 0 Å². The van der Waals surface area contributed by atoms with E-state index in [0.29, 0.717) is 24.1 Å². The second-order valence-electron chi connectivity index (χ2n) is 9.64. The first-order valence-corrected chi connectivity index (χ1v) is 13.0. The van der Waals surface area contributed by atoms with Crippen LogP contribution in [0.15, 0.2) is 47.5 Å². The Morgan fingerprint density at radius 3 is 2.81 bits per heavy atom. The predicted octanol–water partition coefficient (Wildman–Crippen LogP) is 4.12. The van der Waals surface area contributed by atoms with E-state index in [4.69, 9.17) is 10.7 Å². The summed E-state index contributed by atoms with van der Waals surface area (Å²) >= 11 is 1.28. The quantitative estimate of drug-likeness (QED) is 0.408. The van der Waals surface area contributed by atoms with Crippen molar-refractivity contribution in [2.75, 3.05) is 23.3 Å². The Bertz CT molecular complexity index is 1520. The largest absolute Gasteiger partial charge is 0.364 e. The lowest BCUT2D eigenvalue weighted by Crippen LogP contribution is -2.40. The highest BCUT2D eigenvalue weighted by Gasteiger charge is 2.26. The highest BCUT2D eigenvalue weighted by Crippen LogP contribution is 2.40. The lowest BCUT2D eigenvalue weighted by molar-refractivity contribution is 0.0996. The van der Waals surface area contributed by atoms with Crippen LogP contribution in [0.1, 0.15) is 59.4 Å². The monoisotopic (exact) mass is 501 g/mol. The molecule has 0 bridgehead atoms. The average Bonchev–Trinajstić information content (AvgIpc) is 3.66. The maximum atomic E-state index is 13.4. The summed E-state index contributed by atoms with van der Waals surface area (Å²) in [5, 5.41) is 5.67. The molecule has 3 N–H and O–H groups in total. The van der Waals surface area contributed by atoms with E-state index in [0.717, 1.165) is 40.9 Å². The van der Waals surface area contributed by atoms with Gasteiger partial charge in [-0.1, -0.05) is 12.1 Å². The smallest absolute Gasteiger partial charge is 0.271 e. The molecule has 1 saturated carbocycles. The minimum Gasteiger partial charge on any atom is -0.364 e. The van der Waals surface area contributed by atoms with E-state index in [1.165, 1.54) is 29.9 Å². The fraction of sp³-hybridized carbons (Fsp3) is 0.346. The molecule has 2 aliphatic rings. The molecule has 184 valence electrons. The molecule has 6 rings (SSSR count). The minimum atomic E-state index is -0.651. The Morgan fingerprint density at radius 1 is 1.19 bits per heavy atom. The van der Waals surface area contributed by atoms with Crippen molar-refractivity contribution < 1.29 is 4.79 Å². The number of piperidine rings is 1. The van der Waals surface area contributed by atoms with Gasteiger partial charge in [-0.2, -0.15) is 4.37 Å². The van der Waals surface area contributed by atoms with Crippen LogP contribution < -0.4 is 21.5 Å². The molecule has 9 nitrogen and oxygen atoms in total. The van der Waals surface area contributed by atoms with Gasteiger partial charge in [-0.15, -0.1) is 0 Å². The topological polar surface area (TPSA) is 119 Å². The third-order valence-electron chi connectivity index (χ3n) is 6.98. The first-order valence-electron chi connectivity index (χ1n) is 12.2. The number of hydrogen-bond acceptors (Lipinski definition) is 8. The summed E-state index contributed by atoms with van der Waals surface area (Å²) in [5.41, 5.74) is 7.87. The van der Waals surface area contributed by atoms with Gasteiger partial charge in [0.1, 0.15) is 10.8 Å². The van der Waals surface area contributed by atoms with Crippen LogP contribution in [-0.4, -0.2) is 37.9 Å². The van der Waals surface area contributed by atoms with Crippen molar-refractivity contribution >= 4 is 44.8 Å². The number of rotatable bonds is 6. The zero-order valence-electron chi connectivity index (χ0n) is 20.0. The van der Waals surface area contributed by atoms with Crippen molar-refractivity contribution in [1.82, 2.24) is 18.9 Å². The van der Waals surface area contributed by atoms with Gasteiger partial charge in [-0.05, 0) is 79.2 Å². The van der Waals surface area contributed by atoms with Crippen molar-refractivity contribution in [2.45, 2.75) is 44.6 Å². The Labute approximate surface area is 212 Å². The summed E-state index contributed by atoms with van der Waals surface area (Å²) in [6.07, 6.45) is 7.80. The van der Waals surface area contributed by atoms with Crippen LogP contribution in [0.2, 0.25) is 0 Å². The van der Waals surface area contributed by atoms with Gasteiger partial charge in [0.15, 0.2) is 11.5 Å². The van der Waals surface area contributed by atoms with Gasteiger partial charge >= 0.3 is 0 Å². The van der Waals surface area contributed by atoms with E-state index in [1.807, 2.05) is 29.8 Å². The summed E-state index contributed by atoms with van der Waals surface area (Å²) in [4.78, 5) is 36.5. The summed E-state index contributed by atoms with van der Waals surface area (Å²) in [7, 11) is 0. The molecule has 1 saturated heterocycles. The van der Waals surface area contributed by atoms with E-state index < -0.39 is 5.91 Å². The number of benzene rings is 1. The van der Waals surface area contributed by atoms with E-state index in [1.54, 1.807) is 6.20 Å². The highest BCUT2D eigenvalue weighted by molar-refractivity contribution is 7.10. The molecule has 36 heavy (non-hydrogen) atoms. The van der Waals surface area contributed by atoms with Crippen LogP contribution in [0.5, 0.6) is 0 Å². The summed E-state index contributed by atoms with van der Waals surface area (Å²) < 4.78 is 6.12. The van der Waals surface area contributed by atoms with Crippen LogP contribution in [-0.2, 0) is 0 Å². The highest BCUT2D eigenvalue weighted by atomic mass is 32.1. The predicted molar refractivity (Wildman–Crippen MR) is 141 cm³/mol. The molecule has 2 fully saturated rings. The van der Waals surface area contributed by atoms with Gasteiger partial charge in [0.05, 0.1) is 17.9 Å². The molecule has 1 unspecified atom stereocenters. The molecular weight excluding hydrogens is 474 g/mol. The first-order chi connectivity index (χ1) is 17.5. The molecule has 1 aliphatic heterocycles. The number of pyridine rings is 1. The summed E-state index contributed by atoms with van der Waals surface area (Å²) in [6, 6.07) is 10.2. The van der Waals surface area contributed by atoms with Gasteiger partial charge in [-0.3, -0.25) is 9.59 Å². The number of amides is 1. The molecule has 0 spiro atoms. The van der Waals surface area contributed by atoms with Crippen LogP contribution >= 0.6 is 11.5 Å². The fourth-order valence-electron chi connectivity index (χ4n) is 4.97. The van der Waals surface area contributed by atoms with Crippen molar-refractivity contribution in [3.63, 3.8) is 0 Å². The van der Waals surface area contributed by atoms with Crippen molar-refractivity contribution in [1.29, 1.82) is 0 Å². The first kappa shape index (κ1) is 22.7. The SMILES string of the molecule is Cc1cc(Nc2nc(N3CCCC(n4ccc5cc(C6CC6)ccc5c4=O)C3)cnc2C(N)=O)sn1. The molecule has 1 aromatic carbocycles. The molecular formula is C26H27N7O2S. The zero-order valence-corrected chi connectivity index (χ0v) is 20.8. The van der Waals surface area contributed by atoms with Crippen LogP contribution in [0.4, 0.5) is 16.6 Å². The van der Waals surface area contributed by atoms with Crippen molar-refractivity contribution in [3.8, 4) is 0 Å². The minimum absolute atomic E-state index is 0.0110. The molecule has 1 aliphatic carbocycles.